The minimum absolute atomic E-state index is 0.162. The van der Waals surface area contributed by atoms with Gasteiger partial charge in [0.2, 0.25) is 0 Å². The van der Waals surface area contributed by atoms with Crippen LogP contribution in [0.15, 0.2) is 6.33 Å². The van der Waals surface area contributed by atoms with Gasteiger partial charge in [-0.05, 0) is 6.92 Å². The smallest absolute Gasteiger partial charge is 0.138 e. The third kappa shape index (κ3) is 1.90. The first-order valence-electron chi connectivity index (χ1n) is 3.94. The number of carbonyl (C=O) groups is 1. The van der Waals surface area contributed by atoms with Crippen LogP contribution in [-0.4, -0.2) is 20.5 Å². The Morgan fingerprint density at radius 2 is 2.42 bits per heavy atom. The van der Waals surface area contributed by atoms with Crippen molar-refractivity contribution in [3.8, 4) is 0 Å². The van der Waals surface area contributed by atoms with E-state index in [-0.39, 0.29) is 11.7 Å². The SMILES string of the molecule is CC(=O)CC(C)c1ncnn1C. The summed E-state index contributed by atoms with van der Waals surface area (Å²) in [6.07, 6.45) is 2.04. The standard InChI is InChI=1S/C8H13N3O/c1-6(4-7(2)12)8-9-5-10-11(8)3/h5-6H,4H2,1-3H3. The van der Waals surface area contributed by atoms with Crippen molar-refractivity contribution in [3.63, 3.8) is 0 Å². The third-order valence-electron chi connectivity index (χ3n) is 1.78. The van der Waals surface area contributed by atoms with Gasteiger partial charge >= 0.3 is 0 Å². The maximum Gasteiger partial charge on any atom is 0.138 e. The van der Waals surface area contributed by atoms with E-state index in [0.717, 1.165) is 5.82 Å². The fourth-order valence-corrected chi connectivity index (χ4v) is 1.27. The summed E-state index contributed by atoms with van der Waals surface area (Å²) in [5.74, 6) is 1.21. The molecule has 1 atom stereocenters. The molecule has 66 valence electrons. The van der Waals surface area contributed by atoms with Crippen LogP contribution >= 0.6 is 0 Å². The van der Waals surface area contributed by atoms with Crippen LogP contribution in [0.25, 0.3) is 0 Å². The van der Waals surface area contributed by atoms with Crippen LogP contribution < -0.4 is 0 Å². The van der Waals surface area contributed by atoms with E-state index in [2.05, 4.69) is 10.1 Å². The van der Waals surface area contributed by atoms with Crippen molar-refractivity contribution in [2.75, 3.05) is 0 Å². The molecule has 0 aliphatic carbocycles. The Kier molecular flexibility index (Phi) is 2.58. The molecule has 4 nitrogen and oxygen atoms in total. The quantitative estimate of drug-likeness (QED) is 0.672. The number of Topliss-reactive ketones (excluding diaryl/α,β-unsaturated/α-hetero) is 1. The van der Waals surface area contributed by atoms with Crippen LogP contribution in [0.5, 0.6) is 0 Å². The minimum atomic E-state index is 0.162. The van der Waals surface area contributed by atoms with Crippen LogP contribution in [0.4, 0.5) is 0 Å². The number of nitrogens with zero attached hydrogens (tertiary/aromatic N) is 3. The van der Waals surface area contributed by atoms with E-state index in [0.29, 0.717) is 6.42 Å². The molecule has 0 spiro atoms. The Morgan fingerprint density at radius 3 is 2.83 bits per heavy atom. The molecule has 0 aliphatic heterocycles. The van der Waals surface area contributed by atoms with Gasteiger partial charge in [0.15, 0.2) is 0 Å². The first-order valence-corrected chi connectivity index (χ1v) is 3.94. The summed E-state index contributed by atoms with van der Waals surface area (Å²) in [7, 11) is 1.83. The summed E-state index contributed by atoms with van der Waals surface area (Å²) < 4.78 is 1.70. The lowest BCUT2D eigenvalue weighted by atomic mass is 10.1. The van der Waals surface area contributed by atoms with Crippen molar-refractivity contribution in [1.82, 2.24) is 14.8 Å². The minimum Gasteiger partial charge on any atom is -0.300 e. The van der Waals surface area contributed by atoms with Crippen molar-refractivity contribution in [2.45, 2.75) is 26.2 Å². The Labute approximate surface area is 71.6 Å². The molecule has 1 aromatic heterocycles. The van der Waals surface area contributed by atoms with Gasteiger partial charge in [0.1, 0.15) is 17.9 Å². The first-order chi connectivity index (χ1) is 5.61. The van der Waals surface area contributed by atoms with Crippen molar-refractivity contribution in [2.24, 2.45) is 7.05 Å². The van der Waals surface area contributed by atoms with Gasteiger partial charge in [-0.1, -0.05) is 6.92 Å². The Balaban J connectivity index is 2.71. The van der Waals surface area contributed by atoms with Crippen LogP contribution in [0.3, 0.4) is 0 Å². The predicted octanol–water partition coefficient (Wildman–Crippen LogP) is 0.898. The number of ketones is 1. The molecule has 1 rings (SSSR count). The molecule has 1 heterocycles. The molecular formula is C8H13N3O. The lowest BCUT2D eigenvalue weighted by Gasteiger charge is -2.06. The zero-order chi connectivity index (χ0) is 9.14. The molecule has 1 aromatic rings. The summed E-state index contributed by atoms with van der Waals surface area (Å²) in [5.41, 5.74) is 0. The maximum atomic E-state index is 10.8. The average molecular weight is 167 g/mol. The van der Waals surface area contributed by atoms with Crippen LogP contribution in [-0.2, 0) is 11.8 Å². The fourth-order valence-electron chi connectivity index (χ4n) is 1.27. The zero-order valence-corrected chi connectivity index (χ0v) is 7.61. The molecule has 0 aliphatic rings. The lowest BCUT2D eigenvalue weighted by molar-refractivity contribution is -0.117. The van der Waals surface area contributed by atoms with E-state index >= 15 is 0 Å². The van der Waals surface area contributed by atoms with Crippen LogP contribution in [0, 0.1) is 0 Å². The molecular weight excluding hydrogens is 154 g/mol. The fraction of sp³-hybridized carbons (Fsp3) is 0.625. The van der Waals surface area contributed by atoms with Gasteiger partial charge in [-0.15, -0.1) is 0 Å². The number of aromatic nitrogens is 3. The summed E-state index contributed by atoms with van der Waals surface area (Å²) in [6.45, 7) is 3.57. The predicted molar refractivity (Wildman–Crippen MR) is 44.7 cm³/mol. The summed E-state index contributed by atoms with van der Waals surface area (Å²) >= 11 is 0. The van der Waals surface area contributed by atoms with Gasteiger partial charge in [0.05, 0.1) is 0 Å². The highest BCUT2D eigenvalue weighted by atomic mass is 16.1. The number of rotatable bonds is 3. The van der Waals surface area contributed by atoms with Crippen molar-refractivity contribution in [1.29, 1.82) is 0 Å². The Bertz CT molecular complexity index is 280. The van der Waals surface area contributed by atoms with E-state index in [1.165, 1.54) is 6.33 Å². The highest BCUT2D eigenvalue weighted by molar-refractivity contribution is 5.76. The molecule has 0 radical (unpaired) electrons. The lowest BCUT2D eigenvalue weighted by Crippen LogP contribution is -2.07. The summed E-state index contributed by atoms with van der Waals surface area (Å²) in [6, 6.07) is 0. The summed E-state index contributed by atoms with van der Waals surface area (Å²) in [4.78, 5) is 14.9. The molecule has 1 unspecified atom stereocenters. The second-order valence-electron chi connectivity index (χ2n) is 3.05. The molecule has 0 fully saturated rings. The van der Waals surface area contributed by atoms with Crippen molar-refractivity contribution < 1.29 is 4.79 Å². The summed E-state index contributed by atoms with van der Waals surface area (Å²) in [5, 5.41) is 3.94. The van der Waals surface area contributed by atoms with E-state index < -0.39 is 0 Å². The Morgan fingerprint density at radius 1 is 1.75 bits per heavy atom. The highest BCUT2D eigenvalue weighted by Gasteiger charge is 2.12. The van der Waals surface area contributed by atoms with Crippen molar-refractivity contribution >= 4 is 5.78 Å². The molecule has 4 heteroatoms. The maximum absolute atomic E-state index is 10.8. The molecule has 12 heavy (non-hydrogen) atoms. The Hall–Kier alpha value is -1.19. The molecule has 0 saturated heterocycles. The third-order valence-corrected chi connectivity index (χ3v) is 1.78. The van der Waals surface area contributed by atoms with Gasteiger partial charge in [0, 0.05) is 19.4 Å². The van der Waals surface area contributed by atoms with E-state index in [1.807, 2.05) is 14.0 Å². The monoisotopic (exact) mass is 167 g/mol. The van der Waals surface area contributed by atoms with Crippen LogP contribution in [0.2, 0.25) is 0 Å². The van der Waals surface area contributed by atoms with Gasteiger partial charge in [-0.25, -0.2) is 4.98 Å². The van der Waals surface area contributed by atoms with Crippen LogP contribution in [0.1, 0.15) is 32.0 Å². The molecule has 0 bridgehead atoms. The first kappa shape index (κ1) is 8.90. The van der Waals surface area contributed by atoms with Gasteiger partial charge in [-0.3, -0.25) is 4.68 Å². The zero-order valence-electron chi connectivity index (χ0n) is 7.61. The number of hydrogen-bond acceptors (Lipinski definition) is 3. The largest absolute Gasteiger partial charge is 0.300 e. The number of hydrogen-bond donors (Lipinski definition) is 0. The second kappa shape index (κ2) is 3.47. The molecule has 0 aromatic carbocycles. The van der Waals surface area contributed by atoms with E-state index in [9.17, 15) is 4.79 Å². The highest BCUT2D eigenvalue weighted by Crippen LogP contribution is 2.14. The van der Waals surface area contributed by atoms with Gasteiger partial charge in [0.25, 0.3) is 0 Å². The normalized spacial score (nSPS) is 12.9. The van der Waals surface area contributed by atoms with Gasteiger partial charge in [-0.2, -0.15) is 5.10 Å². The number of aryl methyl sites for hydroxylation is 1. The van der Waals surface area contributed by atoms with Gasteiger partial charge < -0.3 is 4.79 Å². The molecule has 0 saturated carbocycles. The van der Waals surface area contributed by atoms with E-state index in [1.54, 1.807) is 11.6 Å². The number of carbonyl (C=O) groups excluding carboxylic acids is 1. The average Bonchev–Trinajstić information content (AvgIpc) is 2.33. The van der Waals surface area contributed by atoms with Crippen molar-refractivity contribution in [3.05, 3.63) is 12.2 Å². The van der Waals surface area contributed by atoms with E-state index in [4.69, 9.17) is 0 Å². The molecule has 0 N–H and O–H groups in total. The molecule has 0 amide bonds. The topological polar surface area (TPSA) is 47.8 Å². The second-order valence-corrected chi connectivity index (χ2v) is 3.05.